The number of hydrogen-bond acceptors (Lipinski definition) is 5. The Hall–Kier alpha value is -1.82. The average Bonchev–Trinajstić information content (AvgIpc) is 2.81. The highest BCUT2D eigenvalue weighted by atomic mass is 16.5. The van der Waals surface area contributed by atoms with E-state index in [0.29, 0.717) is 23.2 Å². The van der Waals surface area contributed by atoms with Crippen LogP contribution in [0.1, 0.15) is 20.7 Å². The number of carbonyl (C=O) groups is 2. The van der Waals surface area contributed by atoms with Gasteiger partial charge in [-0.05, 0) is 0 Å². The number of rotatable bonds is 5. The van der Waals surface area contributed by atoms with E-state index in [1.165, 1.54) is 0 Å². The lowest BCUT2D eigenvalue weighted by molar-refractivity contribution is 0.0385. The Morgan fingerprint density at radius 2 is 1.73 bits per heavy atom. The van der Waals surface area contributed by atoms with E-state index in [2.05, 4.69) is 10.2 Å². The number of carbonyl (C=O) groups excluding carboxylic acids is 2. The number of nitrogens with one attached hydrogen (secondary N) is 1. The van der Waals surface area contributed by atoms with Crippen LogP contribution >= 0.6 is 0 Å². The van der Waals surface area contributed by atoms with Crippen LogP contribution in [-0.4, -0.2) is 62.4 Å². The molecule has 5 heteroatoms. The maximum atomic E-state index is 12.2. The average molecular weight is 300 g/mol. The first kappa shape index (κ1) is 15.1. The minimum absolute atomic E-state index is 0.157. The standard InChI is InChI=1S/C17H20N2O3/c20-16-13-3-1-2-4-14(13)17(21)15(16)5-6-18-7-8-19-9-11-22-12-10-19/h1-5,18H,6-12H2. The van der Waals surface area contributed by atoms with Crippen LogP contribution in [0.5, 0.6) is 0 Å². The van der Waals surface area contributed by atoms with Gasteiger partial charge in [0.15, 0.2) is 11.6 Å². The Bertz CT molecular complexity index is 567. The molecule has 1 aromatic rings. The largest absolute Gasteiger partial charge is 0.379 e. The summed E-state index contributed by atoms with van der Waals surface area (Å²) in [6.45, 7) is 5.85. The Morgan fingerprint density at radius 1 is 1.09 bits per heavy atom. The molecule has 0 aromatic heterocycles. The minimum Gasteiger partial charge on any atom is -0.379 e. The molecule has 3 rings (SSSR count). The number of fused-ring (bicyclic) bond motifs is 1. The molecule has 1 aliphatic heterocycles. The second-order valence-electron chi connectivity index (χ2n) is 5.48. The third-order valence-corrected chi connectivity index (χ3v) is 4.06. The molecule has 0 atom stereocenters. The molecule has 1 heterocycles. The summed E-state index contributed by atoms with van der Waals surface area (Å²) in [7, 11) is 0. The zero-order valence-electron chi connectivity index (χ0n) is 12.5. The van der Waals surface area contributed by atoms with Crippen LogP contribution in [0.2, 0.25) is 0 Å². The van der Waals surface area contributed by atoms with Gasteiger partial charge in [-0.1, -0.05) is 30.3 Å². The first-order chi connectivity index (χ1) is 10.8. The number of Topliss-reactive ketones (excluding diaryl/α,β-unsaturated/α-hetero) is 2. The summed E-state index contributed by atoms with van der Waals surface area (Å²) in [6.07, 6.45) is 1.71. The van der Waals surface area contributed by atoms with Crippen molar-refractivity contribution in [3.05, 3.63) is 47.0 Å². The Morgan fingerprint density at radius 3 is 2.36 bits per heavy atom. The molecule has 0 unspecified atom stereocenters. The van der Waals surface area contributed by atoms with E-state index in [1.807, 2.05) is 0 Å². The molecule has 0 spiro atoms. The highest BCUT2D eigenvalue weighted by Crippen LogP contribution is 2.25. The lowest BCUT2D eigenvalue weighted by atomic mass is 10.1. The van der Waals surface area contributed by atoms with Crippen LogP contribution in [0.3, 0.4) is 0 Å². The number of ketones is 2. The molecule has 5 nitrogen and oxygen atoms in total. The Balaban J connectivity index is 1.49. The fourth-order valence-electron chi connectivity index (χ4n) is 2.80. The molecule has 1 aliphatic carbocycles. The molecule has 116 valence electrons. The summed E-state index contributed by atoms with van der Waals surface area (Å²) in [5.41, 5.74) is 1.33. The van der Waals surface area contributed by atoms with Crippen LogP contribution in [0.15, 0.2) is 35.9 Å². The third kappa shape index (κ3) is 3.16. The molecule has 0 saturated carbocycles. The number of morpholine rings is 1. The minimum atomic E-state index is -0.157. The smallest absolute Gasteiger partial charge is 0.197 e. The van der Waals surface area contributed by atoms with E-state index < -0.39 is 0 Å². The summed E-state index contributed by atoms with van der Waals surface area (Å²) in [5.74, 6) is -0.314. The van der Waals surface area contributed by atoms with Gasteiger partial charge in [-0.2, -0.15) is 0 Å². The summed E-state index contributed by atoms with van der Waals surface area (Å²) < 4.78 is 5.30. The molecular weight excluding hydrogens is 280 g/mol. The third-order valence-electron chi connectivity index (χ3n) is 4.06. The van der Waals surface area contributed by atoms with Crippen molar-refractivity contribution in [1.82, 2.24) is 10.2 Å². The van der Waals surface area contributed by atoms with E-state index >= 15 is 0 Å². The van der Waals surface area contributed by atoms with Crippen LogP contribution < -0.4 is 5.32 Å². The van der Waals surface area contributed by atoms with E-state index in [0.717, 1.165) is 39.4 Å². The van der Waals surface area contributed by atoms with Crippen LogP contribution in [-0.2, 0) is 4.74 Å². The monoisotopic (exact) mass is 300 g/mol. The van der Waals surface area contributed by atoms with Gasteiger partial charge in [0.2, 0.25) is 0 Å². The Kier molecular flexibility index (Phi) is 4.77. The summed E-state index contributed by atoms with van der Waals surface area (Å²) in [4.78, 5) is 26.7. The highest BCUT2D eigenvalue weighted by molar-refractivity contribution is 6.39. The maximum absolute atomic E-state index is 12.2. The highest BCUT2D eigenvalue weighted by Gasteiger charge is 2.31. The molecule has 1 aromatic carbocycles. The first-order valence-corrected chi connectivity index (χ1v) is 7.67. The van der Waals surface area contributed by atoms with Crippen LogP contribution in [0, 0.1) is 0 Å². The maximum Gasteiger partial charge on any atom is 0.197 e. The molecule has 2 aliphatic rings. The molecule has 0 amide bonds. The van der Waals surface area contributed by atoms with Crippen molar-refractivity contribution in [2.45, 2.75) is 0 Å². The van der Waals surface area contributed by atoms with E-state index in [1.54, 1.807) is 30.3 Å². The number of nitrogens with zero attached hydrogens (tertiary/aromatic N) is 1. The van der Waals surface area contributed by atoms with Gasteiger partial charge in [0.1, 0.15) is 0 Å². The molecular formula is C17H20N2O3. The number of hydrogen-bond donors (Lipinski definition) is 1. The van der Waals surface area contributed by atoms with Crippen molar-refractivity contribution >= 4 is 11.6 Å². The van der Waals surface area contributed by atoms with Crippen molar-refractivity contribution in [1.29, 1.82) is 0 Å². The van der Waals surface area contributed by atoms with E-state index in [9.17, 15) is 9.59 Å². The summed E-state index contributed by atoms with van der Waals surface area (Å²) >= 11 is 0. The second-order valence-corrected chi connectivity index (χ2v) is 5.48. The molecule has 1 fully saturated rings. The predicted octanol–water partition coefficient (Wildman–Crippen LogP) is 0.914. The fourth-order valence-corrected chi connectivity index (χ4v) is 2.80. The lowest BCUT2D eigenvalue weighted by Gasteiger charge is -2.26. The van der Waals surface area contributed by atoms with Gasteiger partial charge < -0.3 is 10.1 Å². The van der Waals surface area contributed by atoms with Gasteiger partial charge >= 0.3 is 0 Å². The van der Waals surface area contributed by atoms with Crippen LogP contribution in [0.4, 0.5) is 0 Å². The van der Waals surface area contributed by atoms with Crippen molar-refractivity contribution < 1.29 is 14.3 Å². The molecule has 1 saturated heterocycles. The topological polar surface area (TPSA) is 58.6 Å². The normalized spacial score (nSPS) is 18.6. The summed E-state index contributed by atoms with van der Waals surface area (Å²) in [6, 6.07) is 6.99. The molecule has 22 heavy (non-hydrogen) atoms. The lowest BCUT2D eigenvalue weighted by Crippen LogP contribution is -2.40. The van der Waals surface area contributed by atoms with E-state index in [-0.39, 0.29) is 11.6 Å². The van der Waals surface area contributed by atoms with E-state index in [4.69, 9.17) is 4.74 Å². The Labute approximate surface area is 129 Å². The van der Waals surface area contributed by atoms with Gasteiger partial charge in [-0.25, -0.2) is 0 Å². The number of benzene rings is 1. The van der Waals surface area contributed by atoms with Crippen molar-refractivity contribution in [2.75, 3.05) is 45.9 Å². The zero-order valence-corrected chi connectivity index (χ0v) is 12.5. The quantitative estimate of drug-likeness (QED) is 0.498. The van der Waals surface area contributed by atoms with Crippen molar-refractivity contribution in [3.63, 3.8) is 0 Å². The summed E-state index contributed by atoms with van der Waals surface area (Å²) in [5, 5.41) is 3.26. The van der Waals surface area contributed by atoms with Gasteiger partial charge in [-0.15, -0.1) is 0 Å². The number of allylic oxidation sites excluding steroid dienone is 1. The van der Waals surface area contributed by atoms with Crippen LogP contribution in [0.25, 0.3) is 0 Å². The SMILES string of the molecule is O=C1C(=CCNCCN2CCOCC2)C(=O)c2ccccc21. The van der Waals surface area contributed by atoms with Crippen molar-refractivity contribution in [2.24, 2.45) is 0 Å². The van der Waals surface area contributed by atoms with Gasteiger partial charge in [0.25, 0.3) is 0 Å². The molecule has 0 radical (unpaired) electrons. The second kappa shape index (κ2) is 6.96. The predicted molar refractivity (Wildman–Crippen MR) is 83.3 cm³/mol. The first-order valence-electron chi connectivity index (χ1n) is 7.67. The van der Waals surface area contributed by atoms with Gasteiger partial charge in [0.05, 0.1) is 18.8 Å². The zero-order chi connectivity index (χ0) is 15.4. The van der Waals surface area contributed by atoms with Gasteiger partial charge in [-0.3, -0.25) is 14.5 Å². The number of ether oxygens (including phenoxy) is 1. The molecule has 0 bridgehead atoms. The van der Waals surface area contributed by atoms with Gasteiger partial charge in [0, 0.05) is 43.9 Å². The fraction of sp³-hybridized carbons (Fsp3) is 0.412. The molecule has 1 N–H and O–H groups in total. The van der Waals surface area contributed by atoms with Crippen molar-refractivity contribution in [3.8, 4) is 0 Å².